The molecule has 0 spiro atoms. The summed E-state index contributed by atoms with van der Waals surface area (Å²) in [6.45, 7) is 0.393. The van der Waals surface area contributed by atoms with E-state index in [1.165, 1.54) is 12.1 Å². The van der Waals surface area contributed by atoms with Crippen LogP contribution in [0.2, 0.25) is 10.0 Å². The first-order valence-electron chi connectivity index (χ1n) is 5.47. The Hall–Kier alpha value is -1.76. The molecule has 1 N–H and O–H groups in total. The van der Waals surface area contributed by atoms with E-state index in [9.17, 15) is 4.39 Å². The third-order valence-electron chi connectivity index (χ3n) is 2.50. The molecule has 2 nitrogen and oxygen atoms in total. The molecule has 2 aromatic carbocycles. The van der Waals surface area contributed by atoms with E-state index in [-0.39, 0.29) is 0 Å². The van der Waals surface area contributed by atoms with E-state index in [0.29, 0.717) is 27.7 Å². The Kier molecular flexibility index (Phi) is 4.26. The summed E-state index contributed by atoms with van der Waals surface area (Å²) in [7, 11) is 0. The quantitative estimate of drug-likeness (QED) is 0.897. The predicted octanol–water partition coefficient (Wildman–Crippen LogP) is 4.62. The van der Waals surface area contributed by atoms with Crippen LogP contribution in [0.5, 0.6) is 0 Å². The maximum Gasteiger partial charge on any atom is 0.124 e. The van der Waals surface area contributed by atoms with Crippen LogP contribution in [-0.2, 0) is 6.54 Å². The molecular weight excluding hydrogens is 286 g/mol. The molecule has 2 aromatic rings. The van der Waals surface area contributed by atoms with E-state index in [2.05, 4.69) is 5.32 Å². The molecular formula is C14H9Cl2FN2. The van der Waals surface area contributed by atoms with Crippen molar-refractivity contribution in [1.29, 1.82) is 5.26 Å². The molecule has 0 radical (unpaired) electrons. The average Bonchev–Trinajstić information content (AvgIpc) is 2.39. The summed E-state index contributed by atoms with van der Waals surface area (Å²) >= 11 is 11.7. The number of nitrogens with zero attached hydrogens (tertiary/aromatic N) is 1. The van der Waals surface area contributed by atoms with Crippen LogP contribution in [0, 0.1) is 17.1 Å². The zero-order valence-corrected chi connectivity index (χ0v) is 11.3. The van der Waals surface area contributed by atoms with Crippen molar-refractivity contribution in [3.63, 3.8) is 0 Å². The molecule has 0 unspecified atom stereocenters. The Morgan fingerprint density at radius 3 is 2.58 bits per heavy atom. The number of hydrogen-bond acceptors (Lipinski definition) is 2. The van der Waals surface area contributed by atoms with Gasteiger partial charge in [0.05, 0.1) is 21.7 Å². The smallest absolute Gasteiger partial charge is 0.124 e. The van der Waals surface area contributed by atoms with Gasteiger partial charge in [0.1, 0.15) is 5.82 Å². The molecule has 0 heterocycles. The number of anilines is 1. The van der Waals surface area contributed by atoms with E-state index in [1.807, 2.05) is 6.07 Å². The van der Waals surface area contributed by atoms with Gasteiger partial charge in [0.15, 0.2) is 0 Å². The maximum atomic E-state index is 13.2. The molecule has 0 bridgehead atoms. The summed E-state index contributed by atoms with van der Waals surface area (Å²) in [5, 5.41) is 12.8. The third kappa shape index (κ3) is 3.60. The monoisotopic (exact) mass is 294 g/mol. The fourth-order valence-corrected chi connectivity index (χ4v) is 1.93. The van der Waals surface area contributed by atoms with Crippen molar-refractivity contribution in [1.82, 2.24) is 0 Å². The predicted molar refractivity (Wildman–Crippen MR) is 74.9 cm³/mol. The van der Waals surface area contributed by atoms with Gasteiger partial charge in [-0.2, -0.15) is 5.26 Å². The van der Waals surface area contributed by atoms with Crippen LogP contribution in [0.15, 0.2) is 36.4 Å². The summed E-state index contributed by atoms with van der Waals surface area (Å²) in [5.74, 6) is -0.426. The van der Waals surface area contributed by atoms with Gasteiger partial charge in [-0.25, -0.2) is 4.39 Å². The van der Waals surface area contributed by atoms with Gasteiger partial charge >= 0.3 is 0 Å². The molecule has 0 aromatic heterocycles. The molecule has 96 valence electrons. The van der Waals surface area contributed by atoms with Crippen molar-refractivity contribution in [2.24, 2.45) is 0 Å². The summed E-state index contributed by atoms with van der Waals surface area (Å²) in [6.07, 6.45) is 0. The lowest BCUT2D eigenvalue weighted by molar-refractivity contribution is 0.625. The minimum Gasteiger partial charge on any atom is -0.381 e. The SMILES string of the molecule is N#Cc1cc(F)cc(CNc2ccc(Cl)c(Cl)c2)c1. The average molecular weight is 295 g/mol. The van der Waals surface area contributed by atoms with Gasteiger partial charge in [0.2, 0.25) is 0 Å². The molecule has 5 heteroatoms. The van der Waals surface area contributed by atoms with Crippen LogP contribution in [0.4, 0.5) is 10.1 Å². The molecule has 2 rings (SSSR count). The first-order valence-corrected chi connectivity index (χ1v) is 6.22. The molecule has 0 fully saturated rings. The zero-order chi connectivity index (χ0) is 13.8. The second-order valence-electron chi connectivity index (χ2n) is 3.94. The molecule has 0 saturated heterocycles. The van der Waals surface area contributed by atoms with E-state index < -0.39 is 5.82 Å². The van der Waals surface area contributed by atoms with E-state index in [0.717, 1.165) is 5.69 Å². The normalized spacial score (nSPS) is 10.0. The van der Waals surface area contributed by atoms with Crippen molar-refractivity contribution < 1.29 is 4.39 Å². The molecule has 0 amide bonds. The summed E-state index contributed by atoms with van der Waals surface area (Å²) in [4.78, 5) is 0. The van der Waals surface area contributed by atoms with Gasteiger partial charge < -0.3 is 5.32 Å². The van der Waals surface area contributed by atoms with Crippen molar-refractivity contribution in [3.05, 3.63) is 63.4 Å². The van der Waals surface area contributed by atoms with Crippen molar-refractivity contribution >= 4 is 28.9 Å². The van der Waals surface area contributed by atoms with Gasteiger partial charge in [0, 0.05) is 12.2 Å². The number of benzene rings is 2. The lowest BCUT2D eigenvalue weighted by Crippen LogP contribution is -2.00. The zero-order valence-electron chi connectivity index (χ0n) is 9.75. The van der Waals surface area contributed by atoms with Crippen LogP contribution < -0.4 is 5.32 Å². The van der Waals surface area contributed by atoms with E-state index in [1.54, 1.807) is 24.3 Å². The molecule has 0 aliphatic rings. The highest BCUT2D eigenvalue weighted by molar-refractivity contribution is 6.42. The molecule has 0 aliphatic carbocycles. The van der Waals surface area contributed by atoms with E-state index >= 15 is 0 Å². The minimum absolute atomic E-state index is 0.297. The summed E-state index contributed by atoms with van der Waals surface area (Å²) in [5.41, 5.74) is 1.76. The Morgan fingerprint density at radius 1 is 1.11 bits per heavy atom. The van der Waals surface area contributed by atoms with Crippen LogP contribution in [0.3, 0.4) is 0 Å². The number of nitrogens with one attached hydrogen (secondary N) is 1. The Bertz CT molecular complexity index is 650. The fourth-order valence-electron chi connectivity index (χ4n) is 1.63. The lowest BCUT2D eigenvalue weighted by Gasteiger charge is -2.08. The largest absolute Gasteiger partial charge is 0.381 e. The first kappa shape index (κ1) is 13.7. The van der Waals surface area contributed by atoms with Gasteiger partial charge in [-0.15, -0.1) is 0 Å². The summed E-state index contributed by atoms with van der Waals surface area (Å²) in [6, 6.07) is 11.3. The molecule has 19 heavy (non-hydrogen) atoms. The Morgan fingerprint density at radius 2 is 1.89 bits per heavy atom. The second kappa shape index (κ2) is 5.92. The fraction of sp³-hybridized carbons (Fsp3) is 0.0714. The minimum atomic E-state index is -0.426. The first-order chi connectivity index (χ1) is 9.08. The number of hydrogen-bond donors (Lipinski definition) is 1. The highest BCUT2D eigenvalue weighted by Crippen LogP contribution is 2.25. The second-order valence-corrected chi connectivity index (χ2v) is 4.76. The van der Waals surface area contributed by atoms with Gasteiger partial charge in [0.25, 0.3) is 0 Å². The standard InChI is InChI=1S/C14H9Cl2FN2/c15-13-2-1-12(6-14(13)16)19-8-10-3-9(7-18)4-11(17)5-10/h1-6,19H,8H2. The van der Waals surface area contributed by atoms with Crippen molar-refractivity contribution in [3.8, 4) is 6.07 Å². The number of rotatable bonds is 3. The molecule has 0 saturated carbocycles. The van der Waals surface area contributed by atoms with Crippen LogP contribution >= 0.6 is 23.2 Å². The maximum absolute atomic E-state index is 13.2. The van der Waals surface area contributed by atoms with Gasteiger partial charge in [-0.3, -0.25) is 0 Å². The molecule has 0 aliphatic heterocycles. The van der Waals surface area contributed by atoms with Crippen LogP contribution in [0.1, 0.15) is 11.1 Å². The van der Waals surface area contributed by atoms with E-state index in [4.69, 9.17) is 28.5 Å². The van der Waals surface area contributed by atoms with Gasteiger partial charge in [-0.1, -0.05) is 23.2 Å². The molecule has 0 atom stereocenters. The van der Waals surface area contributed by atoms with Crippen molar-refractivity contribution in [2.45, 2.75) is 6.54 Å². The Labute approximate surface area is 120 Å². The lowest BCUT2D eigenvalue weighted by atomic mass is 10.1. The van der Waals surface area contributed by atoms with Crippen LogP contribution in [-0.4, -0.2) is 0 Å². The number of halogens is 3. The van der Waals surface area contributed by atoms with Crippen LogP contribution in [0.25, 0.3) is 0 Å². The topological polar surface area (TPSA) is 35.8 Å². The number of nitriles is 1. The highest BCUT2D eigenvalue weighted by Gasteiger charge is 2.02. The van der Waals surface area contributed by atoms with Gasteiger partial charge in [-0.05, 0) is 42.0 Å². The Balaban J connectivity index is 2.12. The van der Waals surface area contributed by atoms with Crippen molar-refractivity contribution in [2.75, 3.05) is 5.32 Å². The third-order valence-corrected chi connectivity index (χ3v) is 3.24. The highest BCUT2D eigenvalue weighted by atomic mass is 35.5. The summed E-state index contributed by atoms with van der Waals surface area (Å²) < 4.78 is 13.2.